The van der Waals surface area contributed by atoms with Crippen LogP contribution in [-0.4, -0.2) is 28.8 Å². The lowest BCUT2D eigenvalue weighted by molar-refractivity contribution is -0.131. The summed E-state index contributed by atoms with van der Waals surface area (Å²) in [7, 11) is 0. The van der Waals surface area contributed by atoms with Crippen molar-refractivity contribution in [2.45, 2.75) is 84.4 Å². The second-order valence-corrected chi connectivity index (χ2v) is 9.21. The largest absolute Gasteiger partial charge is 0.377 e. The molecule has 4 heteroatoms. The molecule has 2 aromatic rings. The Kier molecular flexibility index (Phi) is 7.10. The molecule has 0 saturated heterocycles. The number of amidine groups is 1. The normalized spacial score (nSPS) is 17.4. The first-order chi connectivity index (χ1) is 15.6. The van der Waals surface area contributed by atoms with Crippen LogP contribution in [0.15, 0.2) is 47.5 Å². The van der Waals surface area contributed by atoms with Crippen molar-refractivity contribution in [2.24, 2.45) is 4.99 Å². The van der Waals surface area contributed by atoms with Crippen LogP contribution in [0.25, 0.3) is 11.1 Å². The zero-order valence-electron chi connectivity index (χ0n) is 19.8. The third-order valence-corrected chi connectivity index (χ3v) is 6.89. The topological polar surface area (TPSA) is 41.9 Å². The van der Waals surface area contributed by atoms with Crippen LogP contribution >= 0.6 is 0 Å². The van der Waals surface area contributed by atoms with Crippen molar-refractivity contribution >= 4 is 11.7 Å². The van der Waals surface area contributed by atoms with E-state index in [0.29, 0.717) is 19.8 Å². The number of ether oxygens (including phenoxy) is 1. The van der Waals surface area contributed by atoms with Gasteiger partial charge in [-0.2, -0.15) is 0 Å². The molecule has 0 aromatic heterocycles. The first kappa shape index (κ1) is 22.7. The third kappa shape index (κ3) is 4.52. The van der Waals surface area contributed by atoms with Crippen molar-refractivity contribution in [2.75, 3.05) is 6.61 Å². The first-order valence-electron chi connectivity index (χ1n) is 12.2. The fourth-order valence-corrected chi connectivity index (χ4v) is 5.10. The molecule has 2 aromatic carbocycles. The maximum absolute atomic E-state index is 13.5. The van der Waals surface area contributed by atoms with Crippen molar-refractivity contribution in [1.29, 1.82) is 0 Å². The molecule has 0 bridgehead atoms. The van der Waals surface area contributed by atoms with Gasteiger partial charge in [-0.25, -0.2) is 0 Å². The van der Waals surface area contributed by atoms with Gasteiger partial charge in [0.15, 0.2) is 0 Å². The average molecular weight is 433 g/mol. The van der Waals surface area contributed by atoms with Gasteiger partial charge in [-0.15, -0.1) is 0 Å². The second-order valence-electron chi connectivity index (χ2n) is 9.21. The summed E-state index contributed by atoms with van der Waals surface area (Å²) in [5, 5.41) is 0. The van der Waals surface area contributed by atoms with Crippen molar-refractivity contribution in [1.82, 2.24) is 4.90 Å². The molecule has 1 amide bonds. The highest BCUT2D eigenvalue weighted by Gasteiger charge is 2.49. The van der Waals surface area contributed by atoms with E-state index in [-0.39, 0.29) is 5.91 Å². The van der Waals surface area contributed by atoms with Crippen LogP contribution in [0.1, 0.15) is 75.5 Å². The van der Waals surface area contributed by atoms with E-state index in [1.54, 1.807) is 0 Å². The Morgan fingerprint density at radius 1 is 1.06 bits per heavy atom. The van der Waals surface area contributed by atoms with Crippen LogP contribution in [0.5, 0.6) is 0 Å². The standard InChI is InChI=1S/C28H36N2O2/c1-4-6-13-26-29-28(16-9-10-17-28)27(31)30(26)19-22-14-15-25(23(18-22)20-32-5-2)24-12-8-7-11-21(24)3/h7-8,11-12,14-15,18H,4-6,9-10,13,16-17,19-20H2,1-3H3. The number of hydrogen-bond acceptors (Lipinski definition) is 3. The van der Waals surface area contributed by atoms with Gasteiger partial charge in [0.2, 0.25) is 0 Å². The molecule has 1 saturated carbocycles. The van der Waals surface area contributed by atoms with Gasteiger partial charge >= 0.3 is 0 Å². The van der Waals surface area contributed by atoms with E-state index in [0.717, 1.165) is 56.3 Å². The van der Waals surface area contributed by atoms with Gasteiger partial charge in [-0.3, -0.25) is 14.7 Å². The summed E-state index contributed by atoms with van der Waals surface area (Å²) >= 11 is 0. The van der Waals surface area contributed by atoms with Crippen LogP contribution in [0.4, 0.5) is 0 Å². The molecule has 2 aliphatic rings. The number of aliphatic imine (C=N–C) groups is 1. The van der Waals surface area contributed by atoms with Gasteiger partial charge in [-0.1, -0.05) is 68.7 Å². The van der Waals surface area contributed by atoms with Crippen LogP contribution in [-0.2, 0) is 22.7 Å². The number of aryl methyl sites for hydroxylation is 1. The Labute approximate surface area is 192 Å². The molecule has 4 nitrogen and oxygen atoms in total. The number of benzene rings is 2. The summed E-state index contributed by atoms with van der Waals surface area (Å²) in [5.41, 5.74) is 5.54. The molecule has 1 fully saturated rings. The summed E-state index contributed by atoms with van der Waals surface area (Å²) in [6.07, 6.45) is 7.08. The number of unbranched alkanes of at least 4 members (excludes halogenated alkanes) is 1. The Bertz CT molecular complexity index is 989. The van der Waals surface area contributed by atoms with Gasteiger partial charge in [0.1, 0.15) is 11.4 Å². The SMILES string of the molecule is CCCCC1=NC2(CCCC2)C(=O)N1Cc1ccc(-c2ccccc2C)c(COCC)c1. The van der Waals surface area contributed by atoms with E-state index in [9.17, 15) is 4.79 Å². The van der Waals surface area contributed by atoms with E-state index in [4.69, 9.17) is 9.73 Å². The minimum Gasteiger partial charge on any atom is -0.377 e. The molecule has 0 atom stereocenters. The quantitative estimate of drug-likeness (QED) is 0.457. The smallest absolute Gasteiger partial charge is 0.256 e. The number of hydrogen-bond donors (Lipinski definition) is 0. The first-order valence-corrected chi connectivity index (χ1v) is 12.2. The van der Waals surface area contributed by atoms with E-state index in [1.165, 1.54) is 22.3 Å². The van der Waals surface area contributed by atoms with Gasteiger partial charge in [0.25, 0.3) is 5.91 Å². The fraction of sp³-hybridized carbons (Fsp3) is 0.500. The highest BCUT2D eigenvalue weighted by molar-refractivity contribution is 6.08. The monoisotopic (exact) mass is 432 g/mol. The Morgan fingerprint density at radius 2 is 1.84 bits per heavy atom. The lowest BCUT2D eigenvalue weighted by Crippen LogP contribution is -2.40. The van der Waals surface area contributed by atoms with Crippen LogP contribution in [0, 0.1) is 6.92 Å². The molecule has 170 valence electrons. The van der Waals surface area contributed by atoms with E-state index in [1.807, 2.05) is 11.8 Å². The Balaban J connectivity index is 1.63. The maximum Gasteiger partial charge on any atom is 0.256 e. The number of amides is 1. The molecule has 4 rings (SSSR count). The number of carbonyl (C=O) groups is 1. The summed E-state index contributed by atoms with van der Waals surface area (Å²) < 4.78 is 5.81. The van der Waals surface area contributed by atoms with Crippen molar-refractivity contribution < 1.29 is 9.53 Å². The molecule has 1 aliphatic heterocycles. The molecular weight excluding hydrogens is 396 g/mol. The van der Waals surface area contributed by atoms with Crippen molar-refractivity contribution in [3.63, 3.8) is 0 Å². The zero-order chi connectivity index (χ0) is 22.6. The van der Waals surface area contributed by atoms with Gasteiger partial charge in [0, 0.05) is 13.0 Å². The molecule has 32 heavy (non-hydrogen) atoms. The summed E-state index contributed by atoms with van der Waals surface area (Å²) in [6.45, 7) is 8.21. The predicted molar refractivity (Wildman–Crippen MR) is 131 cm³/mol. The van der Waals surface area contributed by atoms with Gasteiger partial charge < -0.3 is 4.74 Å². The molecule has 1 spiro atoms. The molecule has 1 heterocycles. The average Bonchev–Trinajstić information content (AvgIpc) is 3.38. The number of carbonyl (C=O) groups excluding carboxylic acids is 1. The minimum absolute atomic E-state index is 0.218. The van der Waals surface area contributed by atoms with Crippen LogP contribution in [0.3, 0.4) is 0 Å². The fourth-order valence-electron chi connectivity index (χ4n) is 5.10. The van der Waals surface area contributed by atoms with E-state index in [2.05, 4.69) is 56.3 Å². The van der Waals surface area contributed by atoms with Crippen molar-refractivity contribution in [3.8, 4) is 11.1 Å². The molecule has 1 aliphatic carbocycles. The predicted octanol–water partition coefficient (Wildman–Crippen LogP) is 6.44. The Morgan fingerprint density at radius 3 is 2.56 bits per heavy atom. The zero-order valence-corrected chi connectivity index (χ0v) is 19.8. The summed E-state index contributed by atoms with van der Waals surface area (Å²) in [4.78, 5) is 20.5. The summed E-state index contributed by atoms with van der Waals surface area (Å²) in [6, 6.07) is 15.1. The van der Waals surface area contributed by atoms with E-state index >= 15 is 0 Å². The lowest BCUT2D eigenvalue weighted by atomic mass is 9.94. The number of nitrogens with zero attached hydrogens (tertiary/aromatic N) is 2. The Hall–Kier alpha value is -2.46. The van der Waals surface area contributed by atoms with E-state index < -0.39 is 5.54 Å². The second kappa shape index (κ2) is 9.99. The maximum atomic E-state index is 13.5. The highest BCUT2D eigenvalue weighted by Crippen LogP contribution is 2.40. The van der Waals surface area contributed by atoms with Crippen LogP contribution in [0.2, 0.25) is 0 Å². The molecule has 0 N–H and O–H groups in total. The molecule has 0 radical (unpaired) electrons. The van der Waals surface area contributed by atoms with Crippen molar-refractivity contribution in [3.05, 3.63) is 59.2 Å². The van der Waals surface area contributed by atoms with Gasteiger partial charge in [-0.05, 0) is 60.9 Å². The van der Waals surface area contributed by atoms with Gasteiger partial charge in [0.05, 0.1) is 13.2 Å². The lowest BCUT2D eigenvalue weighted by Gasteiger charge is -2.23. The number of rotatable bonds is 9. The highest BCUT2D eigenvalue weighted by atomic mass is 16.5. The molecular formula is C28H36N2O2. The summed E-state index contributed by atoms with van der Waals surface area (Å²) in [5.74, 6) is 1.21. The van der Waals surface area contributed by atoms with Crippen LogP contribution < -0.4 is 0 Å². The molecule has 0 unspecified atom stereocenters. The minimum atomic E-state index is -0.474. The third-order valence-electron chi connectivity index (χ3n) is 6.89.